The molecule has 0 bridgehead atoms. The number of hydrogen-bond acceptors (Lipinski definition) is 6. The number of benzene rings is 1. The quantitative estimate of drug-likeness (QED) is 0.735. The first kappa shape index (κ1) is 20.3. The van der Waals surface area contributed by atoms with Crippen molar-refractivity contribution in [2.75, 3.05) is 54.7 Å². The van der Waals surface area contributed by atoms with Crippen molar-refractivity contribution in [3.63, 3.8) is 0 Å². The maximum Gasteiger partial charge on any atom is 0.254 e. The van der Waals surface area contributed by atoms with Crippen molar-refractivity contribution < 1.29 is 23.7 Å². The van der Waals surface area contributed by atoms with Crippen molar-refractivity contribution in [3.8, 4) is 17.2 Å². The monoisotopic (exact) mass is 366 g/mol. The van der Waals surface area contributed by atoms with Gasteiger partial charge in [0.1, 0.15) is 0 Å². The standard InChI is InChI=1S/C19H30N2O5/c1-13-11-20(12-14(2)21(13)7-8-23-3)19(22)15-9-16(24-4)18(26-6)17(10-15)25-5/h9-10,13-14H,7-8,11-12H2,1-6H3. The third kappa shape index (κ3) is 4.22. The number of carbonyl (C=O) groups is 1. The zero-order valence-electron chi connectivity index (χ0n) is 16.6. The van der Waals surface area contributed by atoms with Crippen molar-refractivity contribution in [3.05, 3.63) is 17.7 Å². The molecule has 1 amide bonds. The largest absolute Gasteiger partial charge is 0.493 e. The summed E-state index contributed by atoms with van der Waals surface area (Å²) < 4.78 is 21.3. The number of ether oxygens (including phenoxy) is 4. The van der Waals surface area contributed by atoms with Crippen LogP contribution in [0.2, 0.25) is 0 Å². The van der Waals surface area contributed by atoms with Crippen LogP contribution in [0.3, 0.4) is 0 Å². The summed E-state index contributed by atoms with van der Waals surface area (Å²) in [5.41, 5.74) is 0.532. The van der Waals surface area contributed by atoms with Crippen LogP contribution < -0.4 is 14.2 Å². The fraction of sp³-hybridized carbons (Fsp3) is 0.632. The van der Waals surface area contributed by atoms with E-state index in [9.17, 15) is 4.79 Å². The lowest BCUT2D eigenvalue weighted by Gasteiger charge is -2.44. The number of carbonyl (C=O) groups excluding carboxylic acids is 1. The molecule has 0 N–H and O–H groups in total. The smallest absolute Gasteiger partial charge is 0.254 e. The molecular formula is C19H30N2O5. The minimum Gasteiger partial charge on any atom is -0.493 e. The van der Waals surface area contributed by atoms with E-state index in [4.69, 9.17) is 18.9 Å². The van der Waals surface area contributed by atoms with Crippen molar-refractivity contribution in [2.45, 2.75) is 25.9 Å². The molecule has 2 atom stereocenters. The van der Waals surface area contributed by atoms with Gasteiger partial charge in [0, 0.05) is 44.4 Å². The summed E-state index contributed by atoms with van der Waals surface area (Å²) in [6, 6.07) is 3.94. The maximum atomic E-state index is 13.1. The predicted octanol–water partition coefficient (Wildman–Crippen LogP) is 1.89. The van der Waals surface area contributed by atoms with Gasteiger partial charge in [-0.3, -0.25) is 9.69 Å². The van der Waals surface area contributed by atoms with Gasteiger partial charge in [-0.2, -0.15) is 0 Å². The van der Waals surface area contributed by atoms with Crippen LogP contribution in [0.15, 0.2) is 12.1 Å². The Morgan fingerprint density at radius 3 is 1.96 bits per heavy atom. The molecule has 0 spiro atoms. The summed E-state index contributed by atoms with van der Waals surface area (Å²) in [5, 5.41) is 0. The predicted molar refractivity (Wildman–Crippen MR) is 99.5 cm³/mol. The zero-order chi connectivity index (χ0) is 19.3. The number of rotatable bonds is 7. The van der Waals surface area contributed by atoms with Gasteiger partial charge in [-0.1, -0.05) is 0 Å². The lowest BCUT2D eigenvalue weighted by molar-refractivity contribution is 0.0193. The first-order valence-corrected chi connectivity index (χ1v) is 8.80. The third-order valence-electron chi connectivity index (χ3n) is 4.85. The fourth-order valence-corrected chi connectivity index (χ4v) is 3.55. The molecule has 1 aliphatic heterocycles. The third-order valence-corrected chi connectivity index (χ3v) is 4.85. The number of amides is 1. The molecule has 0 aliphatic carbocycles. The summed E-state index contributed by atoms with van der Waals surface area (Å²) in [6.07, 6.45) is 0. The summed E-state index contributed by atoms with van der Waals surface area (Å²) in [5.74, 6) is 1.41. The average molecular weight is 366 g/mol. The highest BCUT2D eigenvalue weighted by Crippen LogP contribution is 2.38. The molecule has 0 aromatic heterocycles. The Morgan fingerprint density at radius 2 is 1.54 bits per heavy atom. The summed E-state index contributed by atoms with van der Waals surface area (Å²) >= 11 is 0. The Labute approximate surface area is 155 Å². The van der Waals surface area contributed by atoms with E-state index in [0.29, 0.717) is 42.5 Å². The minimum absolute atomic E-state index is 0.0330. The average Bonchev–Trinajstić information content (AvgIpc) is 2.65. The Hall–Kier alpha value is -1.99. The van der Waals surface area contributed by atoms with Crippen LogP contribution in [0.1, 0.15) is 24.2 Å². The molecule has 26 heavy (non-hydrogen) atoms. The molecule has 1 aromatic carbocycles. The molecule has 0 saturated carbocycles. The first-order valence-electron chi connectivity index (χ1n) is 8.80. The van der Waals surface area contributed by atoms with E-state index in [0.717, 1.165) is 6.54 Å². The highest BCUT2D eigenvalue weighted by atomic mass is 16.5. The molecule has 2 rings (SSSR count). The Kier molecular flexibility index (Phi) is 7.11. The normalized spacial score (nSPS) is 20.8. The van der Waals surface area contributed by atoms with Gasteiger partial charge in [-0.15, -0.1) is 0 Å². The van der Waals surface area contributed by atoms with Gasteiger partial charge in [0.05, 0.1) is 27.9 Å². The van der Waals surface area contributed by atoms with Crippen molar-refractivity contribution >= 4 is 5.91 Å². The highest BCUT2D eigenvalue weighted by Gasteiger charge is 2.32. The number of hydrogen-bond donors (Lipinski definition) is 0. The Bertz CT molecular complexity index is 585. The van der Waals surface area contributed by atoms with Gasteiger partial charge in [0.2, 0.25) is 5.75 Å². The first-order chi connectivity index (χ1) is 12.5. The minimum atomic E-state index is -0.0330. The molecule has 7 nitrogen and oxygen atoms in total. The molecule has 2 unspecified atom stereocenters. The van der Waals surface area contributed by atoms with Crippen molar-refractivity contribution in [2.24, 2.45) is 0 Å². The summed E-state index contributed by atoms with van der Waals surface area (Å²) in [6.45, 7) is 7.18. The molecule has 146 valence electrons. The van der Waals surface area contributed by atoms with E-state index in [-0.39, 0.29) is 18.0 Å². The van der Waals surface area contributed by atoms with E-state index in [1.807, 2.05) is 4.90 Å². The number of nitrogens with zero attached hydrogens (tertiary/aromatic N) is 2. The van der Waals surface area contributed by atoms with Gasteiger partial charge < -0.3 is 23.8 Å². The topological polar surface area (TPSA) is 60.5 Å². The summed E-state index contributed by atoms with van der Waals surface area (Å²) in [7, 11) is 6.35. The second-order valence-electron chi connectivity index (χ2n) is 6.55. The van der Waals surface area contributed by atoms with Crippen LogP contribution >= 0.6 is 0 Å². The van der Waals surface area contributed by atoms with E-state index in [1.165, 1.54) is 0 Å². The Balaban J connectivity index is 2.21. The molecule has 7 heteroatoms. The highest BCUT2D eigenvalue weighted by molar-refractivity contribution is 5.95. The fourth-order valence-electron chi connectivity index (χ4n) is 3.55. The van der Waals surface area contributed by atoms with Gasteiger partial charge >= 0.3 is 0 Å². The number of piperazine rings is 1. The van der Waals surface area contributed by atoms with E-state index in [1.54, 1.807) is 40.6 Å². The van der Waals surface area contributed by atoms with E-state index < -0.39 is 0 Å². The zero-order valence-corrected chi connectivity index (χ0v) is 16.6. The lowest BCUT2D eigenvalue weighted by atomic mass is 10.1. The molecule has 0 radical (unpaired) electrons. The second-order valence-corrected chi connectivity index (χ2v) is 6.55. The maximum absolute atomic E-state index is 13.1. The van der Waals surface area contributed by atoms with Gasteiger partial charge in [0.25, 0.3) is 5.91 Å². The number of methoxy groups -OCH3 is 4. The SMILES string of the molecule is COCCN1C(C)CN(C(=O)c2cc(OC)c(OC)c(OC)c2)CC1C. The van der Waals surface area contributed by atoms with E-state index in [2.05, 4.69) is 18.7 Å². The van der Waals surface area contributed by atoms with Gasteiger partial charge in [-0.25, -0.2) is 0 Å². The molecule has 1 fully saturated rings. The molecule has 1 aromatic rings. The summed E-state index contributed by atoms with van der Waals surface area (Å²) in [4.78, 5) is 17.3. The molecule has 1 aliphatic rings. The van der Waals surface area contributed by atoms with Crippen LogP contribution in [-0.4, -0.2) is 82.5 Å². The Morgan fingerprint density at radius 1 is 1.00 bits per heavy atom. The van der Waals surface area contributed by atoms with Gasteiger partial charge in [0.15, 0.2) is 11.5 Å². The lowest BCUT2D eigenvalue weighted by Crippen LogP contribution is -2.58. The molecule has 1 heterocycles. The van der Waals surface area contributed by atoms with Crippen molar-refractivity contribution in [1.82, 2.24) is 9.80 Å². The van der Waals surface area contributed by atoms with E-state index >= 15 is 0 Å². The van der Waals surface area contributed by atoms with Crippen molar-refractivity contribution in [1.29, 1.82) is 0 Å². The van der Waals surface area contributed by atoms with Crippen LogP contribution in [0.5, 0.6) is 17.2 Å². The van der Waals surface area contributed by atoms with Crippen LogP contribution in [0, 0.1) is 0 Å². The van der Waals surface area contributed by atoms with Gasteiger partial charge in [-0.05, 0) is 26.0 Å². The second kappa shape index (κ2) is 9.09. The van der Waals surface area contributed by atoms with Crippen LogP contribution in [0.4, 0.5) is 0 Å². The molecular weight excluding hydrogens is 336 g/mol. The molecule has 1 saturated heterocycles. The van der Waals surface area contributed by atoms with Crippen LogP contribution in [-0.2, 0) is 4.74 Å². The van der Waals surface area contributed by atoms with Crippen LogP contribution in [0.25, 0.3) is 0 Å².